The summed E-state index contributed by atoms with van der Waals surface area (Å²) in [7, 11) is 0. The minimum absolute atomic E-state index is 0.0438. The van der Waals surface area contributed by atoms with Crippen LogP contribution in [0, 0.1) is 12.8 Å². The number of rotatable bonds is 8. The molecule has 31 heavy (non-hydrogen) atoms. The predicted molar refractivity (Wildman–Crippen MR) is 118 cm³/mol. The molecule has 1 heterocycles. The van der Waals surface area contributed by atoms with Crippen LogP contribution < -0.4 is 15.0 Å². The zero-order valence-electron chi connectivity index (χ0n) is 17.5. The molecule has 0 spiro atoms. The van der Waals surface area contributed by atoms with Gasteiger partial charge in [0.2, 0.25) is 5.91 Å². The molecular formula is C23H25ClN2O5. The molecule has 0 aromatic heterocycles. The molecule has 164 valence electrons. The number of nitrogens with one attached hydrogen (secondary N) is 1. The van der Waals surface area contributed by atoms with Gasteiger partial charge in [0.05, 0.1) is 12.5 Å². The zero-order chi connectivity index (χ0) is 22.4. The second-order valence-electron chi connectivity index (χ2n) is 7.37. The van der Waals surface area contributed by atoms with Gasteiger partial charge in [0.1, 0.15) is 5.75 Å². The Balaban J connectivity index is 1.50. The highest BCUT2D eigenvalue weighted by molar-refractivity contribution is 6.31. The van der Waals surface area contributed by atoms with E-state index >= 15 is 0 Å². The number of carbonyl (C=O) groups is 3. The maximum atomic E-state index is 12.4. The number of esters is 1. The molecule has 1 saturated heterocycles. The minimum atomic E-state index is -0.620. The van der Waals surface area contributed by atoms with E-state index in [2.05, 4.69) is 5.32 Å². The van der Waals surface area contributed by atoms with Gasteiger partial charge < -0.3 is 19.7 Å². The van der Waals surface area contributed by atoms with Crippen LogP contribution in [0.3, 0.4) is 0 Å². The van der Waals surface area contributed by atoms with Crippen molar-refractivity contribution in [3.8, 4) is 5.75 Å². The van der Waals surface area contributed by atoms with Gasteiger partial charge in [-0.15, -0.1) is 0 Å². The monoisotopic (exact) mass is 444 g/mol. The highest BCUT2D eigenvalue weighted by atomic mass is 35.5. The van der Waals surface area contributed by atoms with Crippen molar-refractivity contribution in [2.45, 2.75) is 26.7 Å². The van der Waals surface area contributed by atoms with Gasteiger partial charge in [-0.05, 0) is 55.3 Å². The van der Waals surface area contributed by atoms with Crippen molar-refractivity contribution in [2.24, 2.45) is 5.92 Å². The molecule has 0 radical (unpaired) electrons. The summed E-state index contributed by atoms with van der Waals surface area (Å²) in [5, 5.41) is 3.16. The summed E-state index contributed by atoms with van der Waals surface area (Å²) in [5.74, 6) is -1.10. The third-order valence-electron chi connectivity index (χ3n) is 4.88. The molecule has 3 rings (SSSR count). The number of amides is 2. The number of hydrogen-bond acceptors (Lipinski definition) is 5. The van der Waals surface area contributed by atoms with Gasteiger partial charge in [0.25, 0.3) is 5.91 Å². The molecule has 0 unspecified atom stereocenters. The number of benzene rings is 2. The van der Waals surface area contributed by atoms with E-state index in [-0.39, 0.29) is 18.9 Å². The Morgan fingerprint density at radius 3 is 2.61 bits per heavy atom. The number of aryl methyl sites for hydroxylation is 1. The van der Waals surface area contributed by atoms with Crippen molar-refractivity contribution in [1.29, 1.82) is 0 Å². The minimum Gasteiger partial charge on any atom is -0.494 e. The first-order chi connectivity index (χ1) is 14.9. The second kappa shape index (κ2) is 10.3. The molecule has 7 nitrogen and oxygen atoms in total. The zero-order valence-corrected chi connectivity index (χ0v) is 18.3. The van der Waals surface area contributed by atoms with Crippen molar-refractivity contribution >= 4 is 40.8 Å². The summed E-state index contributed by atoms with van der Waals surface area (Å²) >= 11 is 6.04. The Bertz CT molecular complexity index is 961. The van der Waals surface area contributed by atoms with Gasteiger partial charge in [0.15, 0.2) is 6.61 Å². The fourth-order valence-corrected chi connectivity index (χ4v) is 3.36. The third kappa shape index (κ3) is 5.98. The van der Waals surface area contributed by atoms with Crippen LogP contribution in [-0.4, -0.2) is 37.5 Å². The van der Waals surface area contributed by atoms with Crippen molar-refractivity contribution in [3.05, 3.63) is 53.1 Å². The Morgan fingerprint density at radius 1 is 1.19 bits per heavy atom. The van der Waals surface area contributed by atoms with Gasteiger partial charge in [-0.25, -0.2) is 0 Å². The molecule has 0 aliphatic carbocycles. The topological polar surface area (TPSA) is 84.9 Å². The average Bonchev–Trinajstić information content (AvgIpc) is 3.15. The van der Waals surface area contributed by atoms with Crippen LogP contribution in [0.2, 0.25) is 5.02 Å². The van der Waals surface area contributed by atoms with Crippen LogP contribution in [0.1, 0.15) is 25.3 Å². The van der Waals surface area contributed by atoms with Crippen molar-refractivity contribution in [3.63, 3.8) is 0 Å². The molecule has 0 saturated carbocycles. The van der Waals surface area contributed by atoms with E-state index in [0.29, 0.717) is 23.0 Å². The van der Waals surface area contributed by atoms with Crippen LogP contribution in [-0.2, 0) is 19.1 Å². The van der Waals surface area contributed by atoms with Gasteiger partial charge >= 0.3 is 5.97 Å². The predicted octanol–water partition coefficient (Wildman–Crippen LogP) is 3.97. The Kier molecular flexibility index (Phi) is 7.52. The highest BCUT2D eigenvalue weighted by Gasteiger charge is 2.36. The van der Waals surface area contributed by atoms with Gasteiger partial charge in [-0.2, -0.15) is 0 Å². The summed E-state index contributed by atoms with van der Waals surface area (Å²) in [6.45, 7) is 4.29. The van der Waals surface area contributed by atoms with E-state index in [0.717, 1.165) is 17.7 Å². The summed E-state index contributed by atoms with van der Waals surface area (Å²) in [4.78, 5) is 38.4. The van der Waals surface area contributed by atoms with E-state index in [1.54, 1.807) is 47.4 Å². The number of ether oxygens (including phenoxy) is 2. The standard InChI is InChI=1S/C23H25ClN2O5/c1-3-10-30-19-8-6-18(7-9-19)26-13-16(11-22(26)28)23(29)31-14-21(27)25-17-5-4-15(2)20(24)12-17/h4-9,12,16H,3,10-11,13-14H2,1-2H3,(H,25,27)/t16-/m0/s1. The average molecular weight is 445 g/mol. The number of nitrogens with zero attached hydrogens (tertiary/aromatic N) is 1. The molecule has 0 bridgehead atoms. The molecule has 1 fully saturated rings. The van der Waals surface area contributed by atoms with E-state index in [9.17, 15) is 14.4 Å². The maximum Gasteiger partial charge on any atom is 0.311 e. The quantitative estimate of drug-likeness (QED) is 0.622. The summed E-state index contributed by atoms with van der Waals surface area (Å²) in [6.07, 6.45) is 0.953. The Hall–Kier alpha value is -3.06. The Morgan fingerprint density at radius 2 is 1.94 bits per heavy atom. The summed E-state index contributed by atoms with van der Waals surface area (Å²) in [5.41, 5.74) is 2.10. The van der Waals surface area contributed by atoms with Gasteiger partial charge in [-0.1, -0.05) is 24.6 Å². The molecule has 2 amide bonds. The number of carbonyl (C=O) groups excluding carboxylic acids is 3. The molecule has 1 aliphatic heterocycles. The first-order valence-electron chi connectivity index (χ1n) is 10.1. The Labute approximate surface area is 186 Å². The third-order valence-corrected chi connectivity index (χ3v) is 5.29. The highest BCUT2D eigenvalue weighted by Crippen LogP contribution is 2.27. The van der Waals surface area contributed by atoms with Crippen LogP contribution in [0.4, 0.5) is 11.4 Å². The molecular weight excluding hydrogens is 420 g/mol. The smallest absolute Gasteiger partial charge is 0.311 e. The van der Waals surface area contributed by atoms with Crippen molar-refractivity contribution < 1.29 is 23.9 Å². The first-order valence-corrected chi connectivity index (χ1v) is 10.5. The lowest BCUT2D eigenvalue weighted by Crippen LogP contribution is -2.28. The van der Waals surface area contributed by atoms with Crippen LogP contribution in [0.5, 0.6) is 5.75 Å². The van der Waals surface area contributed by atoms with Crippen molar-refractivity contribution in [1.82, 2.24) is 0 Å². The van der Waals surface area contributed by atoms with E-state index in [1.807, 2.05) is 13.8 Å². The van der Waals surface area contributed by atoms with Crippen molar-refractivity contribution in [2.75, 3.05) is 30.0 Å². The summed E-state index contributed by atoms with van der Waals surface area (Å²) in [6, 6.07) is 12.3. The van der Waals surface area contributed by atoms with Crippen LogP contribution in [0.25, 0.3) is 0 Å². The van der Waals surface area contributed by atoms with E-state index in [4.69, 9.17) is 21.1 Å². The molecule has 1 N–H and O–H groups in total. The van der Waals surface area contributed by atoms with Crippen LogP contribution in [0.15, 0.2) is 42.5 Å². The number of hydrogen-bond donors (Lipinski definition) is 1. The van der Waals surface area contributed by atoms with Gasteiger partial charge in [0, 0.05) is 29.4 Å². The normalized spacial score (nSPS) is 15.6. The second-order valence-corrected chi connectivity index (χ2v) is 7.77. The largest absolute Gasteiger partial charge is 0.494 e. The number of anilines is 2. The van der Waals surface area contributed by atoms with Crippen LogP contribution >= 0.6 is 11.6 Å². The lowest BCUT2D eigenvalue weighted by molar-refractivity contribution is -0.151. The van der Waals surface area contributed by atoms with E-state index in [1.165, 1.54) is 0 Å². The molecule has 1 atom stereocenters. The fourth-order valence-electron chi connectivity index (χ4n) is 3.18. The maximum absolute atomic E-state index is 12.4. The van der Waals surface area contributed by atoms with E-state index < -0.39 is 24.4 Å². The fraction of sp³-hybridized carbons (Fsp3) is 0.348. The molecule has 2 aromatic carbocycles. The molecule has 2 aromatic rings. The SMILES string of the molecule is CCCOc1ccc(N2C[C@@H](C(=O)OCC(=O)Nc3ccc(C)c(Cl)c3)CC2=O)cc1. The number of halogens is 1. The molecule has 8 heteroatoms. The summed E-state index contributed by atoms with van der Waals surface area (Å²) < 4.78 is 10.7. The molecule has 1 aliphatic rings. The van der Waals surface area contributed by atoms with Gasteiger partial charge in [-0.3, -0.25) is 14.4 Å². The first kappa shape index (κ1) is 22.6. The lowest BCUT2D eigenvalue weighted by Gasteiger charge is -2.17. The lowest BCUT2D eigenvalue weighted by atomic mass is 10.1.